The van der Waals surface area contributed by atoms with Gasteiger partial charge in [-0.2, -0.15) is 13.2 Å². The van der Waals surface area contributed by atoms with Gasteiger partial charge in [0.1, 0.15) is 0 Å². The Balaban J connectivity index is 1.29. The van der Waals surface area contributed by atoms with Crippen LogP contribution in [0.5, 0.6) is 0 Å². The molecule has 2 fully saturated rings. The minimum atomic E-state index is -4.39. The van der Waals surface area contributed by atoms with Crippen molar-refractivity contribution in [3.05, 3.63) is 82.2 Å². The summed E-state index contributed by atoms with van der Waals surface area (Å²) in [6.07, 6.45) is 0.256. The zero-order chi connectivity index (χ0) is 27.1. The van der Waals surface area contributed by atoms with Crippen LogP contribution in [0.15, 0.2) is 48.5 Å². The van der Waals surface area contributed by atoms with Gasteiger partial charge in [-0.3, -0.25) is 9.69 Å². The maximum absolute atomic E-state index is 14.1. The largest absolute Gasteiger partial charge is 0.416 e. The third kappa shape index (κ3) is 4.73. The Morgan fingerprint density at radius 3 is 2.37 bits per heavy atom. The Bertz CT molecular complexity index is 1210. The molecule has 1 amide bonds. The lowest BCUT2D eigenvalue weighted by atomic mass is 9.73. The van der Waals surface area contributed by atoms with E-state index in [0.717, 1.165) is 62.4 Å². The van der Waals surface area contributed by atoms with Crippen molar-refractivity contribution in [2.24, 2.45) is 11.3 Å². The Morgan fingerprint density at radius 1 is 1.03 bits per heavy atom. The van der Waals surface area contributed by atoms with Crippen LogP contribution in [0.25, 0.3) is 4.85 Å². The number of alkyl halides is 3. The average molecular weight is 524 g/mol. The van der Waals surface area contributed by atoms with Crippen LogP contribution in [0.4, 0.5) is 13.2 Å². The molecule has 2 aromatic rings. The van der Waals surface area contributed by atoms with E-state index in [1.807, 2.05) is 18.2 Å². The highest BCUT2D eigenvalue weighted by molar-refractivity contribution is 5.84. The minimum absolute atomic E-state index is 0.0925. The summed E-state index contributed by atoms with van der Waals surface area (Å²) in [7, 11) is 0. The summed E-state index contributed by atoms with van der Waals surface area (Å²) in [5.74, 6) is 0.231. The topological polar surface area (TPSA) is 27.9 Å². The normalized spacial score (nSPS) is 25.7. The molecule has 1 aliphatic carbocycles. The molecular formula is C31H36F3N3O. The van der Waals surface area contributed by atoms with Gasteiger partial charge in [0.25, 0.3) is 5.54 Å². The van der Waals surface area contributed by atoms with Gasteiger partial charge in [-0.05, 0) is 54.9 Å². The van der Waals surface area contributed by atoms with Crippen molar-refractivity contribution in [2.75, 3.05) is 19.6 Å². The van der Waals surface area contributed by atoms with Gasteiger partial charge in [-0.15, -0.1) is 0 Å². The van der Waals surface area contributed by atoms with Crippen LogP contribution in [-0.2, 0) is 29.5 Å². The molecule has 2 aromatic carbocycles. The number of benzene rings is 2. The molecule has 3 aliphatic rings. The second kappa shape index (κ2) is 10.0. The lowest BCUT2D eigenvalue weighted by Gasteiger charge is -2.41. The van der Waals surface area contributed by atoms with Crippen LogP contribution in [0.3, 0.4) is 0 Å². The molecule has 2 heterocycles. The van der Waals surface area contributed by atoms with Gasteiger partial charge in [0.2, 0.25) is 5.91 Å². The maximum Gasteiger partial charge on any atom is 0.416 e. The number of rotatable bonds is 4. The molecular weight excluding hydrogens is 487 g/mol. The molecule has 4 nitrogen and oxygen atoms in total. The number of hydrogen-bond acceptors (Lipinski definition) is 2. The van der Waals surface area contributed by atoms with Crippen molar-refractivity contribution in [1.29, 1.82) is 0 Å². The smallest absolute Gasteiger partial charge is 0.338 e. The SMILES string of the molecule is [C-]#[N+]C1(c2ccccc2)CCN(C2CCC(C(=O)N3CCc4ccc(C(F)(F)F)cc4C3)(C(C)C)C2)CC1. The molecule has 1 saturated heterocycles. The van der Waals surface area contributed by atoms with E-state index < -0.39 is 22.7 Å². The number of hydrogen-bond donors (Lipinski definition) is 0. The predicted octanol–water partition coefficient (Wildman–Crippen LogP) is 6.70. The monoisotopic (exact) mass is 523 g/mol. The summed E-state index contributed by atoms with van der Waals surface area (Å²) in [6.45, 7) is 14.6. The zero-order valence-electron chi connectivity index (χ0n) is 22.2. The third-order valence-corrected chi connectivity index (χ3v) is 9.55. The van der Waals surface area contributed by atoms with Gasteiger partial charge in [-0.25, -0.2) is 6.57 Å². The summed E-state index contributed by atoms with van der Waals surface area (Å²) in [5.41, 5.74) is 0.975. The fraction of sp³-hybridized carbons (Fsp3) is 0.548. The van der Waals surface area contributed by atoms with E-state index in [4.69, 9.17) is 6.57 Å². The van der Waals surface area contributed by atoms with Crippen LogP contribution in [0.2, 0.25) is 0 Å². The van der Waals surface area contributed by atoms with Gasteiger partial charge >= 0.3 is 6.18 Å². The Hall–Kier alpha value is -2.85. The highest BCUT2D eigenvalue weighted by Crippen LogP contribution is 2.49. The van der Waals surface area contributed by atoms with Gasteiger partial charge in [0.05, 0.1) is 11.0 Å². The average Bonchev–Trinajstić information content (AvgIpc) is 3.39. The van der Waals surface area contributed by atoms with Gasteiger partial charge in [0, 0.05) is 50.6 Å². The number of carbonyl (C=O) groups is 1. The second-order valence-corrected chi connectivity index (χ2v) is 11.7. The van der Waals surface area contributed by atoms with Crippen molar-refractivity contribution in [3.8, 4) is 0 Å². The first-order chi connectivity index (χ1) is 18.1. The van der Waals surface area contributed by atoms with Gasteiger partial charge in [0.15, 0.2) is 0 Å². The summed E-state index contributed by atoms with van der Waals surface area (Å²) >= 11 is 0. The molecule has 2 unspecified atom stereocenters. The van der Waals surface area contributed by atoms with E-state index in [9.17, 15) is 18.0 Å². The molecule has 1 saturated carbocycles. The summed E-state index contributed by atoms with van der Waals surface area (Å²) in [5, 5.41) is 0. The van der Waals surface area contributed by atoms with Gasteiger partial charge < -0.3 is 9.74 Å². The fourth-order valence-corrected chi connectivity index (χ4v) is 7.02. The molecule has 0 aromatic heterocycles. The number of nitrogens with zero attached hydrogens (tertiary/aromatic N) is 3. The molecule has 38 heavy (non-hydrogen) atoms. The van der Waals surface area contributed by atoms with Crippen molar-refractivity contribution in [2.45, 2.75) is 76.7 Å². The van der Waals surface area contributed by atoms with Crippen molar-refractivity contribution < 1.29 is 18.0 Å². The minimum Gasteiger partial charge on any atom is -0.338 e. The molecule has 0 bridgehead atoms. The van der Waals surface area contributed by atoms with E-state index in [1.165, 1.54) is 6.07 Å². The molecule has 0 N–H and O–H groups in total. The molecule has 202 valence electrons. The maximum atomic E-state index is 14.1. The summed E-state index contributed by atoms with van der Waals surface area (Å²) < 4.78 is 39.9. The molecule has 7 heteroatoms. The number of carbonyl (C=O) groups excluding carboxylic acids is 1. The van der Waals surface area contributed by atoms with E-state index in [1.54, 1.807) is 11.0 Å². The number of halogens is 3. The standard InChI is InChI=1S/C31H36F3N3O/c1-22(2)29(28(38)37-16-12-23-9-10-26(31(32,33)34)19-24(23)21-37)13-11-27(20-29)36-17-14-30(35-3,15-18-36)25-7-5-4-6-8-25/h4-10,19,22,27H,11-18,20-21H2,1-2H3. The molecule has 2 aliphatic heterocycles. The number of fused-ring (bicyclic) bond motifs is 1. The van der Waals surface area contributed by atoms with Crippen molar-refractivity contribution >= 4 is 5.91 Å². The van der Waals surface area contributed by atoms with Crippen molar-refractivity contribution in [1.82, 2.24) is 9.80 Å². The van der Waals surface area contributed by atoms with E-state index in [-0.39, 0.29) is 24.4 Å². The van der Waals surface area contributed by atoms with E-state index in [0.29, 0.717) is 18.5 Å². The summed E-state index contributed by atoms with van der Waals surface area (Å²) in [6, 6.07) is 14.3. The lowest BCUT2D eigenvalue weighted by Crippen LogP contribution is -2.49. The first-order valence-corrected chi connectivity index (χ1v) is 13.7. The zero-order valence-corrected chi connectivity index (χ0v) is 22.2. The third-order valence-electron chi connectivity index (χ3n) is 9.55. The quantitative estimate of drug-likeness (QED) is 0.418. The number of amides is 1. The molecule has 5 rings (SSSR count). The van der Waals surface area contributed by atoms with Crippen LogP contribution >= 0.6 is 0 Å². The second-order valence-electron chi connectivity index (χ2n) is 11.7. The highest BCUT2D eigenvalue weighted by atomic mass is 19.4. The highest BCUT2D eigenvalue weighted by Gasteiger charge is 2.52. The van der Waals surface area contributed by atoms with E-state index in [2.05, 4.69) is 35.7 Å². The molecule has 0 spiro atoms. The first kappa shape index (κ1) is 26.7. The molecule has 0 radical (unpaired) electrons. The molecule has 2 atom stereocenters. The van der Waals surface area contributed by atoms with Crippen LogP contribution in [0.1, 0.15) is 68.2 Å². The van der Waals surface area contributed by atoms with Crippen LogP contribution in [0, 0.1) is 17.9 Å². The van der Waals surface area contributed by atoms with Crippen molar-refractivity contribution in [3.63, 3.8) is 0 Å². The first-order valence-electron chi connectivity index (χ1n) is 13.7. The predicted molar refractivity (Wildman–Crippen MR) is 141 cm³/mol. The fourth-order valence-electron chi connectivity index (χ4n) is 7.02. The Morgan fingerprint density at radius 2 is 1.74 bits per heavy atom. The van der Waals surface area contributed by atoms with Gasteiger partial charge in [-0.1, -0.05) is 50.2 Å². The van der Waals surface area contributed by atoms with E-state index >= 15 is 0 Å². The lowest BCUT2D eigenvalue weighted by molar-refractivity contribution is -0.146. The Labute approximate surface area is 223 Å². The summed E-state index contributed by atoms with van der Waals surface area (Å²) in [4.78, 5) is 22.4. The number of piperidine rings is 1. The Kier molecular flexibility index (Phi) is 7.06. The number of likely N-dealkylation sites (tertiary alicyclic amines) is 1. The van der Waals surface area contributed by atoms with Crippen LogP contribution in [-0.4, -0.2) is 41.4 Å². The van der Waals surface area contributed by atoms with Crippen LogP contribution < -0.4 is 0 Å².